The van der Waals surface area contributed by atoms with E-state index < -0.39 is 0 Å². The molecule has 1 amide bonds. The molecule has 1 aromatic heterocycles. The fourth-order valence-corrected chi connectivity index (χ4v) is 2.52. The number of aryl methyl sites for hydroxylation is 2. The second kappa shape index (κ2) is 6.60. The molecule has 0 radical (unpaired) electrons. The van der Waals surface area contributed by atoms with E-state index in [1.807, 2.05) is 4.90 Å². The highest BCUT2D eigenvalue weighted by molar-refractivity contribution is 5.61. The summed E-state index contributed by atoms with van der Waals surface area (Å²) in [6.07, 6.45) is 2.50. The van der Waals surface area contributed by atoms with Gasteiger partial charge in [-0.05, 0) is 31.0 Å². The fraction of sp³-hybridized carbons (Fsp3) is 0.375. The molecule has 1 fully saturated rings. The first-order chi connectivity index (χ1) is 11.2. The van der Waals surface area contributed by atoms with E-state index in [1.54, 1.807) is 11.1 Å². The zero-order chi connectivity index (χ0) is 16.2. The SMILES string of the molecule is Cc1ccc(C)c(Nc2cnnc(N3CCN(C=O)CC3)n2)c1. The highest BCUT2D eigenvalue weighted by atomic mass is 16.1. The predicted octanol–water partition coefficient (Wildman–Crippen LogP) is 1.51. The average Bonchev–Trinajstić information content (AvgIpc) is 2.58. The number of rotatable bonds is 4. The average molecular weight is 312 g/mol. The van der Waals surface area contributed by atoms with Crippen molar-refractivity contribution < 1.29 is 4.79 Å². The Bertz CT molecular complexity index is 697. The van der Waals surface area contributed by atoms with E-state index in [-0.39, 0.29) is 0 Å². The molecular weight excluding hydrogens is 292 g/mol. The summed E-state index contributed by atoms with van der Waals surface area (Å²) in [5.41, 5.74) is 3.35. The second-order valence-electron chi connectivity index (χ2n) is 5.71. The molecule has 3 rings (SSSR count). The van der Waals surface area contributed by atoms with E-state index in [2.05, 4.69) is 52.5 Å². The topological polar surface area (TPSA) is 74.2 Å². The van der Waals surface area contributed by atoms with Crippen molar-refractivity contribution in [3.63, 3.8) is 0 Å². The molecule has 1 saturated heterocycles. The molecule has 0 spiro atoms. The van der Waals surface area contributed by atoms with Gasteiger partial charge in [0.2, 0.25) is 12.4 Å². The van der Waals surface area contributed by atoms with Crippen molar-refractivity contribution in [2.75, 3.05) is 36.4 Å². The summed E-state index contributed by atoms with van der Waals surface area (Å²) in [4.78, 5) is 19.1. The van der Waals surface area contributed by atoms with Crippen LogP contribution in [0.3, 0.4) is 0 Å². The molecule has 2 heterocycles. The van der Waals surface area contributed by atoms with Gasteiger partial charge in [-0.2, -0.15) is 10.1 Å². The third-order valence-electron chi connectivity index (χ3n) is 3.95. The molecule has 0 bridgehead atoms. The number of amides is 1. The molecule has 1 aliphatic rings. The second-order valence-corrected chi connectivity index (χ2v) is 5.71. The number of nitrogens with zero attached hydrogens (tertiary/aromatic N) is 5. The van der Waals surface area contributed by atoms with Crippen LogP contribution in [0.1, 0.15) is 11.1 Å². The summed E-state index contributed by atoms with van der Waals surface area (Å²) in [6, 6.07) is 6.24. The minimum Gasteiger partial charge on any atom is -0.342 e. The van der Waals surface area contributed by atoms with Crippen LogP contribution in [0.2, 0.25) is 0 Å². The number of carbonyl (C=O) groups excluding carboxylic acids is 1. The van der Waals surface area contributed by atoms with E-state index in [9.17, 15) is 4.79 Å². The van der Waals surface area contributed by atoms with Crippen LogP contribution in [-0.4, -0.2) is 52.7 Å². The molecule has 0 atom stereocenters. The molecule has 1 N–H and O–H groups in total. The van der Waals surface area contributed by atoms with Crippen LogP contribution in [-0.2, 0) is 4.79 Å². The maximum absolute atomic E-state index is 10.8. The molecule has 1 aromatic carbocycles. The Labute approximate surface area is 135 Å². The van der Waals surface area contributed by atoms with Crippen molar-refractivity contribution >= 4 is 23.9 Å². The summed E-state index contributed by atoms with van der Waals surface area (Å²) < 4.78 is 0. The Hall–Kier alpha value is -2.70. The number of piperazine rings is 1. The molecule has 23 heavy (non-hydrogen) atoms. The Morgan fingerprint density at radius 2 is 1.96 bits per heavy atom. The molecule has 7 nitrogen and oxygen atoms in total. The molecule has 1 aliphatic heterocycles. The minimum absolute atomic E-state index is 0.589. The highest BCUT2D eigenvalue weighted by Gasteiger charge is 2.18. The lowest BCUT2D eigenvalue weighted by Crippen LogP contribution is -2.46. The van der Waals surface area contributed by atoms with Crippen molar-refractivity contribution in [2.45, 2.75) is 13.8 Å². The summed E-state index contributed by atoms with van der Waals surface area (Å²) in [6.45, 7) is 6.90. The lowest BCUT2D eigenvalue weighted by molar-refractivity contribution is -0.118. The van der Waals surface area contributed by atoms with Crippen LogP contribution in [0.25, 0.3) is 0 Å². The third kappa shape index (κ3) is 3.56. The van der Waals surface area contributed by atoms with Gasteiger partial charge in [0.1, 0.15) is 0 Å². The maximum Gasteiger partial charge on any atom is 0.247 e. The molecule has 7 heteroatoms. The van der Waals surface area contributed by atoms with Gasteiger partial charge >= 0.3 is 0 Å². The van der Waals surface area contributed by atoms with Gasteiger partial charge in [-0.15, -0.1) is 5.10 Å². The van der Waals surface area contributed by atoms with E-state index in [0.717, 1.165) is 17.7 Å². The summed E-state index contributed by atoms with van der Waals surface area (Å²) in [5.74, 6) is 1.26. The zero-order valence-electron chi connectivity index (χ0n) is 13.4. The number of hydrogen-bond donors (Lipinski definition) is 1. The van der Waals surface area contributed by atoms with Crippen LogP contribution in [0.15, 0.2) is 24.4 Å². The van der Waals surface area contributed by atoms with Gasteiger partial charge < -0.3 is 15.1 Å². The van der Waals surface area contributed by atoms with Crippen molar-refractivity contribution in [1.82, 2.24) is 20.1 Å². The van der Waals surface area contributed by atoms with Gasteiger partial charge in [0.25, 0.3) is 0 Å². The van der Waals surface area contributed by atoms with Crippen LogP contribution >= 0.6 is 0 Å². The predicted molar refractivity (Wildman–Crippen MR) is 88.9 cm³/mol. The third-order valence-corrected chi connectivity index (χ3v) is 3.95. The van der Waals surface area contributed by atoms with E-state index >= 15 is 0 Å². The lowest BCUT2D eigenvalue weighted by Gasteiger charge is -2.32. The highest BCUT2D eigenvalue weighted by Crippen LogP contribution is 2.21. The first-order valence-electron chi connectivity index (χ1n) is 7.64. The lowest BCUT2D eigenvalue weighted by atomic mass is 10.1. The Morgan fingerprint density at radius 1 is 1.17 bits per heavy atom. The van der Waals surface area contributed by atoms with Gasteiger partial charge in [-0.1, -0.05) is 12.1 Å². The summed E-state index contributed by atoms with van der Waals surface area (Å²) in [7, 11) is 0. The van der Waals surface area contributed by atoms with Gasteiger partial charge in [0.15, 0.2) is 5.82 Å². The number of benzene rings is 1. The quantitative estimate of drug-likeness (QED) is 0.863. The van der Waals surface area contributed by atoms with Crippen molar-refractivity contribution in [3.05, 3.63) is 35.5 Å². The van der Waals surface area contributed by atoms with E-state index in [1.165, 1.54) is 5.56 Å². The first kappa shape index (κ1) is 15.2. The molecular formula is C16H20N6O. The van der Waals surface area contributed by atoms with Gasteiger partial charge in [-0.3, -0.25) is 4.79 Å². The van der Waals surface area contributed by atoms with Crippen molar-refractivity contribution in [1.29, 1.82) is 0 Å². The summed E-state index contributed by atoms with van der Waals surface area (Å²) >= 11 is 0. The Morgan fingerprint density at radius 3 is 2.70 bits per heavy atom. The number of hydrogen-bond acceptors (Lipinski definition) is 6. The van der Waals surface area contributed by atoms with Crippen molar-refractivity contribution in [3.8, 4) is 0 Å². The van der Waals surface area contributed by atoms with Gasteiger partial charge in [-0.25, -0.2) is 0 Å². The van der Waals surface area contributed by atoms with Crippen molar-refractivity contribution in [2.24, 2.45) is 0 Å². The smallest absolute Gasteiger partial charge is 0.247 e. The molecule has 0 unspecified atom stereocenters. The number of anilines is 3. The fourth-order valence-electron chi connectivity index (χ4n) is 2.52. The maximum atomic E-state index is 10.8. The van der Waals surface area contributed by atoms with Crippen LogP contribution in [0.4, 0.5) is 17.5 Å². The van der Waals surface area contributed by atoms with Crippen LogP contribution in [0.5, 0.6) is 0 Å². The standard InChI is InChI=1S/C16H20N6O/c1-12-3-4-13(2)14(9-12)18-15-10-17-20-16(19-15)22-7-5-21(11-23)6-8-22/h3-4,9-11H,5-8H2,1-2H3,(H,18,19,20). The van der Waals surface area contributed by atoms with Gasteiger partial charge in [0, 0.05) is 31.9 Å². The number of nitrogens with one attached hydrogen (secondary N) is 1. The van der Waals surface area contributed by atoms with Crippen LogP contribution in [0, 0.1) is 13.8 Å². The number of aromatic nitrogens is 3. The normalized spacial score (nSPS) is 14.7. The van der Waals surface area contributed by atoms with Gasteiger partial charge in [0.05, 0.1) is 6.20 Å². The number of carbonyl (C=O) groups is 1. The molecule has 120 valence electrons. The molecule has 2 aromatic rings. The monoisotopic (exact) mass is 312 g/mol. The summed E-state index contributed by atoms with van der Waals surface area (Å²) in [5, 5.41) is 11.5. The minimum atomic E-state index is 0.589. The molecule has 0 saturated carbocycles. The molecule has 0 aliphatic carbocycles. The largest absolute Gasteiger partial charge is 0.342 e. The first-order valence-corrected chi connectivity index (χ1v) is 7.64. The Balaban J connectivity index is 1.75. The van der Waals surface area contributed by atoms with Crippen LogP contribution < -0.4 is 10.2 Å². The van der Waals surface area contributed by atoms with E-state index in [0.29, 0.717) is 37.9 Å². The van der Waals surface area contributed by atoms with E-state index in [4.69, 9.17) is 0 Å². The Kier molecular flexibility index (Phi) is 4.36. The zero-order valence-corrected chi connectivity index (χ0v) is 13.4.